The number of hydrogen-bond donors (Lipinski definition) is 3. The lowest BCUT2D eigenvalue weighted by Crippen LogP contribution is -2.54. The third kappa shape index (κ3) is 3.41. The van der Waals surface area contributed by atoms with E-state index >= 15 is 0 Å². The fourth-order valence-corrected chi connectivity index (χ4v) is 3.48. The van der Waals surface area contributed by atoms with Crippen LogP contribution >= 0.6 is 0 Å². The monoisotopic (exact) mass is 384 g/mol. The summed E-state index contributed by atoms with van der Waals surface area (Å²) in [5.74, 6) is -3.01. The van der Waals surface area contributed by atoms with Gasteiger partial charge in [0.15, 0.2) is 12.1 Å². The first kappa shape index (κ1) is 19.4. The minimum atomic E-state index is -2.05. The van der Waals surface area contributed by atoms with E-state index in [0.29, 0.717) is 4.90 Å². The summed E-state index contributed by atoms with van der Waals surface area (Å²) in [5.41, 5.74) is 9.08. The van der Waals surface area contributed by atoms with Gasteiger partial charge in [0.2, 0.25) is 5.91 Å². The lowest BCUT2D eigenvalue weighted by atomic mass is 9.98. The number of amides is 2. The van der Waals surface area contributed by atoms with Crippen molar-refractivity contribution in [1.29, 1.82) is 0 Å². The van der Waals surface area contributed by atoms with E-state index in [-0.39, 0.29) is 12.5 Å². The highest BCUT2D eigenvalue weighted by atomic mass is 16.6. The molecule has 0 aromatic heterocycles. The van der Waals surface area contributed by atoms with Gasteiger partial charge in [0.05, 0.1) is 0 Å². The van der Waals surface area contributed by atoms with E-state index in [2.05, 4.69) is 0 Å². The molecule has 0 bridgehead atoms. The molecule has 2 atom stereocenters. The van der Waals surface area contributed by atoms with Crippen LogP contribution in [-0.2, 0) is 14.3 Å². The van der Waals surface area contributed by atoms with Crippen LogP contribution in [0.4, 0.5) is 4.79 Å². The average molecular weight is 384 g/mol. The number of likely N-dealkylation sites (N-methyl/N-ethyl adjacent to an activating group) is 1. The lowest BCUT2D eigenvalue weighted by Gasteiger charge is -2.27. The number of fused-ring (bicyclic) bond motifs is 3. The van der Waals surface area contributed by atoms with Crippen LogP contribution in [-0.4, -0.2) is 58.9 Å². The van der Waals surface area contributed by atoms with Gasteiger partial charge in [-0.3, -0.25) is 9.69 Å². The van der Waals surface area contributed by atoms with Crippen molar-refractivity contribution in [3.05, 3.63) is 59.7 Å². The van der Waals surface area contributed by atoms with E-state index in [1.165, 1.54) is 0 Å². The number of aliphatic hydroxyl groups is 1. The van der Waals surface area contributed by atoms with Crippen molar-refractivity contribution in [3.8, 4) is 11.1 Å². The number of nitrogens with two attached hydrogens (primary N) is 1. The standard InChI is InChI=1S/C20H20N2O6/c1-22(16(19(25)26)17(23)18(21)24)20(27)28-10-15-13-8-4-2-6-11(13)12-7-3-5-9-14(12)15/h2-9,15-17,23H,10H2,1H3,(H2,21,24)(H,25,26). The number of carboxylic acid groups (broad SMARTS) is 1. The molecule has 28 heavy (non-hydrogen) atoms. The van der Waals surface area contributed by atoms with Crippen LogP contribution in [0.15, 0.2) is 48.5 Å². The Morgan fingerprint density at radius 1 is 1.07 bits per heavy atom. The van der Waals surface area contributed by atoms with E-state index in [1.54, 1.807) is 0 Å². The van der Waals surface area contributed by atoms with Gasteiger partial charge in [0.25, 0.3) is 0 Å². The quantitative estimate of drug-likeness (QED) is 0.685. The summed E-state index contributed by atoms with van der Waals surface area (Å²) in [6, 6.07) is 13.7. The molecule has 2 aromatic carbocycles. The van der Waals surface area contributed by atoms with E-state index in [9.17, 15) is 24.6 Å². The van der Waals surface area contributed by atoms with Gasteiger partial charge in [-0.25, -0.2) is 9.59 Å². The molecule has 4 N–H and O–H groups in total. The van der Waals surface area contributed by atoms with E-state index in [0.717, 1.165) is 29.3 Å². The number of carbonyl (C=O) groups is 3. The first-order valence-corrected chi connectivity index (χ1v) is 8.61. The second-order valence-electron chi connectivity index (χ2n) is 6.55. The fourth-order valence-electron chi connectivity index (χ4n) is 3.48. The van der Waals surface area contributed by atoms with E-state index in [4.69, 9.17) is 10.5 Å². The molecule has 2 unspecified atom stereocenters. The third-order valence-corrected chi connectivity index (χ3v) is 4.88. The molecule has 0 saturated carbocycles. The first-order chi connectivity index (χ1) is 13.3. The molecule has 0 saturated heterocycles. The third-order valence-electron chi connectivity index (χ3n) is 4.88. The number of primary amides is 1. The summed E-state index contributed by atoms with van der Waals surface area (Å²) in [5, 5.41) is 18.9. The van der Waals surface area contributed by atoms with Crippen molar-refractivity contribution >= 4 is 18.0 Å². The summed E-state index contributed by atoms with van der Waals surface area (Å²) in [7, 11) is 1.13. The zero-order chi connectivity index (χ0) is 20.4. The number of carbonyl (C=O) groups excluding carboxylic acids is 2. The number of aliphatic hydroxyl groups excluding tert-OH is 1. The van der Waals surface area contributed by atoms with Crippen molar-refractivity contribution in [1.82, 2.24) is 4.90 Å². The van der Waals surface area contributed by atoms with Crippen LogP contribution in [0.2, 0.25) is 0 Å². The second kappa shape index (κ2) is 7.69. The van der Waals surface area contributed by atoms with Gasteiger partial charge in [0, 0.05) is 13.0 Å². The fraction of sp³-hybridized carbons (Fsp3) is 0.250. The number of aliphatic carboxylic acids is 1. The molecular formula is C20H20N2O6. The molecule has 0 fully saturated rings. The smallest absolute Gasteiger partial charge is 0.410 e. The van der Waals surface area contributed by atoms with Gasteiger partial charge in [-0.2, -0.15) is 0 Å². The maximum atomic E-state index is 12.4. The Labute approximate surface area is 161 Å². The molecule has 2 aromatic rings. The molecule has 8 heteroatoms. The predicted octanol–water partition coefficient (Wildman–Crippen LogP) is 1.17. The summed E-state index contributed by atoms with van der Waals surface area (Å²) in [6.45, 7) is -0.0177. The average Bonchev–Trinajstić information content (AvgIpc) is 2.99. The van der Waals surface area contributed by atoms with Crippen molar-refractivity contribution in [3.63, 3.8) is 0 Å². The number of benzene rings is 2. The highest BCUT2D eigenvalue weighted by Gasteiger charge is 2.38. The zero-order valence-electron chi connectivity index (χ0n) is 15.1. The maximum Gasteiger partial charge on any atom is 0.410 e. The Morgan fingerprint density at radius 2 is 1.57 bits per heavy atom. The summed E-state index contributed by atoms with van der Waals surface area (Å²) >= 11 is 0. The lowest BCUT2D eigenvalue weighted by molar-refractivity contribution is -0.150. The van der Waals surface area contributed by atoms with Crippen molar-refractivity contribution in [2.45, 2.75) is 18.1 Å². The van der Waals surface area contributed by atoms with Gasteiger partial charge in [-0.15, -0.1) is 0 Å². The van der Waals surface area contributed by atoms with Crippen molar-refractivity contribution in [2.75, 3.05) is 13.7 Å². The van der Waals surface area contributed by atoms with Crippen LogP contribution in [0.25, 0.3) is 11.1 Å². The molecule has 0 heterocycles. The van der Waals surface area contributed by atoms with Crippen LogP contribution < -0.4 is 5.73 Å². The van der Waals surface area contributed by atoms with Crippen LogP contribution in [0.3, 0.4) is 0 Å². The Morgan fingerprint density at radius 3 is 2.04 bits per heavy atom. The highest BCUT2D eigenvalue weighted by molar-refractivity contribution is 5.89. The molecule has 8 nitrogen and oxygen atoms in total. The topological polar surface area (TPSA) is 130 Å². The minimum Gasteiger partial charge on any atom is -0.480 e. The van der Waals surface area contributed by atoms with Crippen molar-refractivity contribution < 1.29 is 29.3 Å². The first-order valence-electron chi connectivity index (χ1n) is 8.61. The molecule has 2 amide bonds. The van der Waals surface area contributed by atoms with Gasteiger partial charge in [-0.05, 0) is 22.3 Å². The van der Waals surface area contributed by atoms with Crippen LogP contribution in [0, 0.1) is 0 Å². The summed E-state index contributed by atoms with van der Waals surface area (Å²) < 4.78 is 5.32. The Balaban J connectivity index is 1.77. The Hall–Kier alpha value is -3.39. The minimum absolute atomic E-state index is 0.0177. The maximum absolute atomic E-state index is 12.4. The van der Waals surface area contributed by atoms with Gasteiger partial charge in [-0.1, -0.05) is 48.5 Å². The zero-order valence-corrected chi connectivity index (χ0v) is 15.1. The number of ether oxygens (including phenoxy) is 1. The predicted molar refractivity (Wildman–Crippen MR) is 99.5 cm³/mol. The number of hydrogen-bond acceptors (Lipinski definition) is 5. The molecule has 146 valence electrons. The van der Waals surface area contributed by atoms with Gasteiger partial charge in [0.1, 0.15) is 6.61 Å². The molecule has 0 spiro atoms. The van der Waals surface area contributed by atoms with E-state index < -0.39 is 30.1 Å². The van der Waals surface area contributed by atoms with Crippen LogP contribution in [0.1, 0.15) is 17.0 Å². The van der Waals surface area contributed by atoms with E-state index in [1.807, 2.05) is 48.5 Å². The molecule has 1 aliphatic rings. The SMILES string of the molecule is CN(C(=O)OCC1c2ccccc2-c2ccccc21)C(C(=O)O)C(O)C(N)=O. The molecule has 0 aliphatic heterocycles. The largest absolute Gasteiger partial charge is 0.480 e. The molecular weight excluding hydrogens is 364 g/mol. The Kier molecular flexibility index (Phi) is 5.32. The molecule has 0 radical (unpaired) electrons. The normalized spacial score (nSPS) is 14.5. The number of carboxylic acids is 1. The summed E-state index contributed by atoms with van der Waals surface area (Å²) in [6.07, 6.45) is -3.03. The second-order valence-corrected chi connectivity index (χ2v) is 6.55. The highest BCUT2D eigenvalue weighted by Crippen LogP contribution is 2.44. The molecule has 1 aliphatic carbocycles. The Bertz CT molecular complexity index is 883. The van der Waals surface area contributed by atoms with Crippen molar-refractivity contribution in [2.24, 2.45) is 5.73 Å². The van der Waals surface area contributed by atoms with Gasteiger partial charge < -0.3 is 20.7 Å². The number of nitrogens with zero attached hydrogens (tertiary/aromatic N) is 1. The molecule has 3 rings (SSSR count). The van der Waals surface area contributed by atoms with Crippen LogP contribution in [0.5, 0.6) is 0 Å². The number of rotatable bonds is 6. The van der Waals surface area contributed by atoms with Gasteiger partial charge >= 0.3 is 12.1 Å². The summed E-state index contributed by atoms with van der Waals surface area (Å²) in [4.78, 5) is 35.5.